The third-order valence-corrected chi connectivity index (χ3v) is 5.52. The van der Waals surface area contributed by atoms with Crippen LogP contribution in [0.5, 0.6) is 0 Å². The van der Waals surface area contributed by atoms with Gasteiger partial charge in [0, 0.05) is 19.5 Å². The molecular weight excluding hydrogens is 400 g/mol. The second-order valence-corrected chi connectivity index (χ2v) is 8.25. The van der Waals surface area contributed by atoms with Gasteiger partial charge in [-0.3, -0.25) is 9.59 Å². The summed E-state index contributed by atoms with van der Waals surface area (Å²) in [6, 6.07) is 13.5. The van der Waals surface area contributed by atoms with E-state index >= 15 is 0 Å². The number of amides is 2. The number of hydrogen-bond acceptors (Lipinski definition) is 3. The van der Waals surface area contributed by atoms with Crippen LogP contribution in [0.2, 0.25) is 0 Å². The maximum absolute atomic E-state index is 13.2. The van der Waals surface area contributed by atoms with E-state index in [9.17, 15) is 9.59 Å². The zero-order valence-corrected chi connectivity index (χ0v) is 19.5. The Morgan fingerprint density at radius 3 is 2.25 bits per heavy atom. The summed E-state index contributed by atoms with van der Waals surface area (Å²) in [7, 11) is 0. The third kappa shape index (κ3) is 9.54. The second-order valence-electron chi connectivity index (χ2n) is 8.25. The number of rotatable bonds is 16. The van der Waals surface area contributed by atoms with E-state index in [1.807, 2.05) is 42.5 Å². The van der Waals surface area contributed by atoms with Gasteiger partial charge in [0.05, 0.1) is 12.8 Å². The quantitative estimate of drug-likeness (QED) is 0.240. The SMILES string of the molecule is C=CCN(CC(=O)N(Cc1ccccc1)Cc1ccco1)C(=O)CCCCCCCCC. The molecule has 2 aromatic rings. The first-order valence-electron chi connectivity index (χ1n) is 11.9. The van der Waals surface area contributed by atoms with Gasteiger partial charge in [-0.15, -0.1) is 6.58 Å². The predicted octanol–water partition coefficient (Wildman–Crippen LogP) is 5.96. The Hall–Kier alpha value is -2.82. The van der Waals surface area contributed by atoms with Gasteiger partial charge in [-0.25, -0.2) is 0 Å². The van der Waals surface area contributed by atoms with Gasteiger partial charge < -0.3 is 14.2 Å². The third-order valence-electron chi connectivity index (χ3n) is 5.52. The Balaban J connectivity index is 1.92. The van der Waals surface area contributed by atoms with Crippen molar-refractivity contribution in [3.63, 3.8) is 0 Å². The fraction of sp³-hybridized carbons (Fsp3) is 0.481. The molecule has 0 saturated carbocycles. The molecule has 0 aliphatic rings. The van der Waals surface area contributed by atoms with Gasteiger partial charge in [0.15, 0.2) is 0 Å². The summed E-state index contributed by atoms with van der Waals surface area (Å²) >= 11 is 0. The second kappa shape index (κ2) is 15.1. The van der Waals surface area contributed by atoms with Crippen LogP contribution < -0.4 is 0 Å². The van der Waals surface area contributed by atoms with Crippen molar-refractivity contribution >= 4 is 11.8 Å². The standard InChI is InChI=1S/C27H38N2O3/c1-3-5-6-7-8-9-13-18-26(30)28(19-4-2)23-27(31)29(22-25-17-14-20-32-25)21-24-15-11-10-12-16-24/h4,10-12,14-17,20H,2-3,5-9,13,18-19,21-23H2,1H3. The molecule has 2 rings (SSSR count). The number of hydrogen-bond donors (Lipinski definition) is 0. The summed E-state index contributed by atoms with van der Waals surface area (Å²) < 4.78 is 5.46. The zero-order chi connectivity index (χ0) is 23.0. The van der Waals surface area contributed by atoms with E-state index in [1.54, 1.807) is 22.1 Å². The molecule has 0 atom stereocenters. The van der Waals surface area contributed by atoms with Gasteiger partial charge in [0.25, 0.3) is 0 Å². The van der Waals surface area contributed by atoms with Crippen LogP contribution in [0.25, 0.3) is 0 Å². The van der Waals surface area contributed by atoms with E-state index in [1.165, 1.54) is 32.1 Å². The molecule has 0 aliphatic carbocycles. The summed E-state index contributed by atoms with van der Waals surface area (Å²) in [5.41, 5.74) is 1.04. The highest BCUT2D eigenvalue weighted by molar-refractivity contribution is 5.85. The molecule has 0 N–H and O–H groups in total. The summed E-state index contributed by atoms with van der Waals surface area (Å²) in [6.45, 7) is 7.24. The minimum atomic E-state index is -0.0972. The molecule has 0 saturated heterocycles. The number of furan rings is 1. The van der Waals surface area contributed by atoms with Crippen molar-refractivity contribution in [2.45, 2.75) is 71.4 Å². The number of carbonyl (C=O) groups is 2. The monoisotopic (exact) mass is 438 g/mol. The van der Waals surface area contributed by atoms with E-state index < -0.39 is 0 Å². The van der Waals surface area contributed by atoms with Crippen LogP contribution in [0.15, 0.2) is 65.8 Å². The van der Waals surface area contributed by atoms with E-state index in [0.717, 1.165) is 24.2 Å². The molecule has 0 spiro atoms. The maximum atomic E-state index is 13.2. The Morgan fingerprint density at radius 2 is 1.59 bits per heavy atom. The maximum Gasteiger partial charge on any atom is 0.242 e. The van der Waals surface area contributed by atoms with Gasteiger partial charge in [-0.2, -0.15) is 0 Å². The minimum Gasteiger partial charge on any atom is -0.467 e. The summed E-state index contributed by atoms with van der Waals surface area (Å²) in [6.07, 6.45) is 11.9. The van der Waals surface area contributed by atoms with Crippen LogP contribution in [0.4, 0.5) is 0 Å². The average Bonchev–Trinajstić information content (AvgIpc) is 3.31. The molecule has 2 amide bonds. The molecule has 1 heterocycles. The minimum absolute atomic E-state index is 0.0180. The van der Waals surface area contributed by atoms with Crippen LogP contribution in [-0.4, -0.2) is 34.7 Å². The fourth-order valence-electron chi connectivity index (χ4n) is 3.69. The lowest BCUT2D eigenvalue weighted by Crippen LogP contribution is -2.42. The summed E-state index contributed by atoms with van der Waals surface area (Å²) in [4.78, 5) is 29.3. The van der Waals surface area contributed by atoms with E-state index in [-0.39, 0.29) is 18.4 Å². The molecule has 5 nitrogen and oxygen atoms in total. The molecule has 0 bridgehead atoms. The van der Waals surface area contributed by atoms with Crippen molar-refractivity contribution in [3.8, 4) is 0 Å². The molecule has 5 heteroatoms. The first-order valence-corrected chi connectivity index (χ1v) is 11.9. The van der Waals surface area contributed by atoms with Crippen LogP contribution in [0, 0.1) is 0 Å². The number of carbonyl (C=O) groups excluding carboxylic acids is 2. The molecule has 0 radical (unpaired) electrons. The molecule has 0 aliphatic heterocycles. The predicted molar refractivity (Wildman–Crippen MR) is 129 cm³/mol. The van der Waals surface area contributed by atoms with Crippen LogP contribution in [0.1, 0.15) is 69.6 Å². The van der Waals surface area contributed by atoms with Crippen LogP contribution >= 0.6 is 0 Å². The largest absolute Gasteiger partial charge is 0.467 e. The van der Waals surface area contributed by atoms with Gasteiger partial charge in [-0.05, 0) is 24.1 Å². The molecule has 1 aromatic carbocycles. The van der Waals surface area contributed by atoms with Crippen molar-refractivity contribution < 1.29 is 14.0 Å². The highest BCUT2D eigenvalue weighted by Gasteiger charge is 2.21. The molecule has 1 aromatic heterocycles. The van der Waals surface area contributed by atoms with Crippen molar-refractivity contribution in [1.82, 2.24) is 9.80 Å². The Kier molecular flexibility index (Phi) is 12.0. The lowest BCUT2D eigenvalue weighted by atomic mass is 10.1. The van der Waals surface area contributed by atoms with Gasteiger partial charge in [0.1, 0.15) is 12.3 Å². The normalized spacial score (nSPS) is 10.7. The zero-order valence-electron chi connectivity index (χ0n) is 19.5. The Bertz CT molecular complexity index is 786. The van der Waals surface area contributed by atoms with Crippen molar-refractivity contribution in [1.29, 1.82) is 0 Å². The Labute approximate surface area is 193 Å². The first kappa shape index (κ1) is 25.4. The lowest BCUT2D eigenvalue weighted by Gasteiger charge is -2.27. The van der Waals surface area contributed by atoms with Gasteiger partial charge in [-0.1, -0.05) is 81.9 Å². The number of nitrogens with zero attached hydrogens (tertiary/aromatic N) is 2. The highest BCUT2D eigenvalue weighted by Crippen LogP contribution is 2.13. The molecule has 0 fully saturated rings. The van der Waals surface area contributed by atoms with E-state index in [4.69, 9.17) is 4.42 Å². The van der Waals surface area contributed by atoms with E-state index in [0.29, 0.717) is 26.1 Å². The molecule has 174 valence electrons. The average molecular weight is 439 g/mol. The fourth-order valence-corrected chi connectivity index (χ4v) is 3.69. The van der Waals surface area contributed by atoms with E-state index in [2.05, 4.69) is 13.5 Å². The van der Waals surface area contributed by atoms with Crippen molar-refractivity contribution in [2.24, 2.45) is 0 Å². The lowest BCUT2D eigenvalue weighted by molar-refractivity contribution is -0.141. The smallest absolute Gasteiger partial charge is 0.242 e. The highest BCUT2D eigenvalue weighted by atomic mass is 16.3. The number of benzene rings is 1. The first-order chi connectivity index (χ1) is 15.6. The molecular formula is C27H38N2O3. The molecule has 32 heavy (non-hydrogen) atoms. The molecule has 0 unspecified atom stereocenters. The number of unbranched alkanes of at least 4 members (excludes halogenated alkanes) is 6. The topological polar surface area (TPSA) is 53.8 Å². The van der Waals surface area contributed by atoms with Crippen molar-refractivity contribution in [2.75, 3.05) is 13.1 Å². The van der Waals surface area contributed by atoms with Crippen LogP contribution in [-0.2, 0) is 22.7 Å². The van der Waals surface area contributed by atoms with Crippen molar-refractivity contribution in [3.05, 3.63) is 72.7 Å². The Morgan fingerprint density at radius 1 is 0.875 bits per heavy atom. The van der Waals surface area contributed by atoms with Gasteiger partial charge >= 0.3 is 0 Å². The van der Waals surface area contributed by atoms with Crippen LogP contribution in [0.3, 0.4) is 0 Å². The summed E-state index contributed by atoms with van der Waals surface area (Å²) in [5, 5.41) is 0. The van der Waals surface area contributed by atoms with Gasteiger partial charge in [0.2, 0.25) is 11.8 Å². The summed E-state index contributed by atoms with van der Waals surface area (Å²) in [5.74, 6) is 0.642.